The average molecular weight is 442 g/mol. The highest BCUT2D eigenvalue weighted by Crippen LogP contribution is 2.27. The van der Waals surface area contributed by atoms with E-state index in [1.54, 1.807) is 0 Å². The fourth-order valence-electron chi connectivity index (χ4n) is 4.32. The molecule has 5 heteroatoms. The summed E-state index contributed by atoms with van der Waals surface area (Å²) in [6, 6.07) is 26.0. The molecule has 0 spiro atoms. The molecule has 0 N–H and O–H groups in total. The average Bonchev–Trinajstić information content (AvgIpc) is 2.83. The molecule has 0 aliphatic carbocycles. The van der Waals surface area contributed by atoms with Crippen molar-refractivity contribution in [3.05, 3.63) is 95.0 Å². The Hall–Kier alpha value is -3.37. The molecule has 1 fully saturated rings. The summed E-state index contributed by atoms with van der Waals surface area (Å²) in [6.07, 6.45) is 0. The minimum absolute atomic E-state index is 0.0586. The maximum absolute atomic E-state index is 13.6. The number of anilines is 1. The highest BCUT2D eigenvalue weighted by Gasteiger charge is 2.24. The minimum atomic E-state index is 0.0586. The van der Waals surface area contributed by atoms with Crippen molar-refractivity contribution in [1.29, 1.82) is 0 Å². The number of fused-ring (bicyclic) bond motifs is 1. The van der Waals surface area contributed by atoms with Crippen LogP contribution in [0.4, 0.5) is 5.69 Å². The first-order valence-electron chi connectivity index (χ1n) is 10.8. The van der Waals surface area contributed by atoms with Gasteiger partial charge in [-0.3, -0.25) is 4.79 Å². The molecule has 3 aromatic carbocycles. The predicted octanol–water partition coefficient (Wildman–Crippen LogP) is 5.83. The third kappa shape index (κ3) is 4.06. The van der Waals surface area contributed by atoms with E-state index in [9.17, 15) is 4.79 Å². The molecule has 5 rings (SSSR count). The lowest BCUT2D eigenvalue weighted by molar-refractivity contribution is 0.0748. The van der Waals surface area contributed by atoms with E-state index in [1.807, 2.05) is 65.6 Å². The number of carbonyl (C=O) groups is 1. The number of amides is 1. The van der Waals surface area contributed by atoms with E-state index in [-0.39, 0.29) is 5.91 Å². The van der Waals surface area contributed by atoms with Crippen molar-refractivity contribution < 1.29 is 4.79 Å². The quantitative estimate of drug-likeness (QED) is 0.401. The van der Waals surface area contributed by atoms with Gasteiger partial charge in [0.25, 0.3) is 5.91 Å². The number of aromatic nitrogens is 1. The van der Waals surface area contributed by atoms with Gasteiger partial charge in [0, 0.05) is 47.8 Å². The van der Waals surface area contributed by atoms with Crippen molar-refractivity contribution in [3.63, 3.8) is 0 Å². The van der Waals surface area contributed by atoms with E-state index >= 15 is 0 Å². The molecule has 0 saturated carbocycles. The van der Waals surface area contributed by atoms with Gasteiger partial charge in [-0.25, -0.2) is 4.98 Å². The number of nitrogens with zero attached hydrogens (tertiary/aromatic N) is 3. The number of pyridine rings is 1. The smallest absolute Gasteiger partial charge is 0.254 e. The molecule has 1 aliphatic rings. The summed E-state index contributed by atoms with van der Waals surface area (Å²) in [7, 11) is 0. The van der Waals surface area contributed by atoms with E-state index in [0.717, 1.165) is 46.0 Å². The first-order valence-corrected chi connectivity index (χ1v) is 11.2. The summed E-state index contributed by atoms with van der Waals surface area (Å²) in [6.45, 7) is 4.96. The zero-order valence-electron chi connectivity index (χ0n) is 18.0. The third-order valence-electron chi connectivity index (χ3n) is 6.00. The zero-order valence-corrected chi connectivity index (χ0v) is 18.7. The van der Waals surface area contributed by atoms with E-state index in [2.05, 4.69) is 30.0 Å². The number of hydrogen-bond donors (Lipinski definition) is 0. The van der Waals surface area contributed by atoms with Crippen molar-refractivity contribution in [1.82, 2.24) is 9.88 Å². The molecule has 0 radical (unpaired) electrons. The zero-order chi connectivity index (χ0) is 22.1. The Kier molecular flexibility index (Phi) is 5.54. The van der Waals surface area contributed by atoms with Crippen molar-refractivity contribution in [2.45, 2.75) is 6.92 Å². The number of carbonyl (C=O) groups excluding carboxylic acids is 1. The predicted molar refractivity (Wildman–Crippen MR) is 131 cm³/mol. The fourth-order valence-corrected chi connectivity index (χ4v) is 4.50. The molecule has 4 aromatic rings. The van der Waals surface area contributed by atoms with E-state index in [0.29, 0.717) is 18.7 Å². The molecular weight excluding hydrogens is 418 g/mol. The number of rotatable bonds is 3. The van der Waals surface area contributed by atoms with Gasteiger partial charge >= 0.3 is 0 Å². The van der Waals surface area contributed by atoms with E-state index in [1.165, 1.54) is 5.56 Å². The lowest BCUT2D eigenvalue weighted by atomic mass is 10.0. The Morgan fingerprint density at radius 2 is 1.66 bits per heavy atom. The lowest BCUT2D eigenvalue weighted by Gasteiger charge is -2.36. The normalized spacial score (nSPS) is 14.1. The van der Waals surface area contributed by atoms with Crippen LogP contribution in [0.2, 0.25) is 5.02 Å². The Balaban J connectivity index is 1.44. The van der Waals surface area contributed by atoms with E-state index < -0.39 is 0 Å². The summed E-state index contributed by atoms with van der Waals surface area (Å²) in [5, 5.41) is 1.62. The molecule has 0 atom stereocenters. The molecule has 1 aromatic heterocycles. The molecular formula is C27H24ClN3O. The van der Waals surface area contributed by atoms with Crippen molar-refractivity contribution in [2.75, 3.05) is 31.1 Å². The van der Waals surface area contributed by atoms with Crippen molar-refractivity contribution >= 4 is 34.1 Å². The number of halogens is 1. The molecule has 4 nitrogen and oxygen atoms in total. The van der Waals surface area contributed by atoms with Crippen LogP contribution in [0.15, 0.2) is 78.9 Å². The number of piperazine rings is 1. The van der Waals surface area contributed by atoms with Crippen LogP contribution in [0.25, 0.3) is 22.2 Å². The minimum Gasteiger partial charge on any atom is -0.368 e. The second-order valence-electron chi connectivity index (χ2n) is 8.20. The van der Waals surface area contributed by atoms with Gasteiger partial charge in [-0.15, -0.1) is 0 Å². The van der Waals surface area contributed by atoms with Gasteiger partial charge < -0.3 is 9.80 Å². The molecule has 0 bridgehead atoms. The van der Waals surface area contributed by atoms with Crippen LogP contribution >= 0.6 is 11.6 Å². The van der Waals surface area contributed by atoms with Crippen LogP contribution in [0.3, 0.4) is 0 Å². The van der Waals surface area contributed by atoms with Gasteiger partial charge in [-0.05, 0) is 43.3 Å². The Labute approximate surface area is 193 Å². The summed E-state index contributed by atoms with van der Waals surface area (Å²) in [5.41, 5.74) is 5.67. The maximum Gasteiger partial charge on any atom is 0.254 e. The molecule has 32 heavy (non-hydrogen) atoms. The highest BCUT2D eigenvalue weighted by atomic mass is 35.5. The Morgan fingerprint density at radius 1 is 0.875 bits per heavy atom. The Morgan fingerprint density at radius 3 is 2.44 bits per heavy atom. The number of hydrogen-bond acceptors (Lipinski definition) is 3. The number of aryl methyl sites for hydroxylation is 1. The van der Waals surface area contributed by atoms with Gasteiger partial charge in [0.15, 0.2) is 0 Å². The number of para-hydroxylation sites is 1. The lowest BCUT2D eigenvalue weighted by Crippen LogP contribution is -2.48. The summed E-state index contributed by atoms with van der Waals surface area (Å²) >= 11 is 6.16. The van der Waals surface area contributed by atoms with Crippen molar-refractivity contribution in [2.24, 2.45) is 0 Å². The van der Waals surface area contributed by atoms with Crippen LogP contribution in [0.1, 0.15) is 15.9 Å². The molecule has 1 aliphatic heterocycles. The number of benzene rings is 3. The SMILES string of the molecule is Cc1cccc(-c2cc(C(=O)N3CCN(c4cccc(Cl)c4)CC3)c3ccccc3n2)c1. The van der Waals surface area contributed by atoms with Gasteiger partial charge in [-0.1, -0.05) is 59.6 Å². The van der Waals surface area contributed by atoms with Crippen LogP contribution in [0, 0.1) is 6.92 Å². The molecule has 0 unspecified atom stereocenters. The second kappa shape index (κ2) is 8.64. The van der Waals surface area contributed by atoms with Crippen LogP contribution in [-0.2, 0) is 0 Å². The third-order valence-corrected chi connectivity index (χ3v) is 6.24. The maximum atomic E-state index is 13.6. The summed E-state index contributed by atoms with van der Waals surface area (Å²) in [5.74, 6) is 0.0586. The molecule has 160 valence electrons. The summed E-state index contributed by atoms with van der Waals surface area (Å²) < 4.78 is 0. The van der Waals surface area contributed by atoms with E-state index in [4.69, 9.17) is 16.6 Å². The standard InChI is InChI=1S/C27H24ClN3O/c1-19-6-4-7-20(16-19)26-18-24(23-10-2-3-11-25(23)29-26)27(32)31-14-12-30(13-15-31)22-9-5-8-21(28)17-22/h2-11,16-18H,12-15H2,1H3. The van der Waals surface area contributed by atoms with Gasteiger partial charge in [0.05, 0.1) is 16.8 Å². The van der Waals surface area contributed by atoms with Crippen LogP contribution in [0.5, 0.6) is 0 Å². The molecule has 2 heterocycles. The monoisotopic (exact) mass is 441 g/mol. The van der Waals surface area contributed by atoms with Crippen molar-refractivity contribution in [3.8, 4) is 11.3 Å². The second-order valence-corrected chi connectivity index (χ2v) is 8.64. The molecule has 1 amide bonds. The first-order chi connectivity index (χ1) is 15.6. The Bertz CT molecular complexity index is 1300. The fraction of sp³-hybridized carbons (Fsp3) is 0.185. The van der Waals surface area contributed by atoms with Gasteiger partial charge in [0.2, 0.25) is 0 Å². The van der Waals surface area contributed by atoms with Gasteiger partial charge in [0.1, 0.15) is 0 Å². The summed E-state index contributed by atoms with van der Waals surface area (Å²) in [4.78, 5) is 22.7. The molecule has 1 saturated heterocycles. The topological polar surface area (TPSA) is 36.4 Å². The highest BCUT2D eigenvalue weighted by molar-refractivity contribution is 6.30. The largest absolute Gasteiger partial charge is 0.368 e. The first kappa shape index (κ1) is 20.5. The van der Waals surface area contributed by atoms with Crippen LogP contribution < -0.4 is 4.90 Å². The van der Waals surface area contributed by atoms with Gasteiger partial charge in [-0.2, -0.15) is 0 Å². The van der Waals surface area contributed by atoms with Crippen LogP contribution in [-0.4, -0.2) is 42.0 Å².